The van der Waals surface area contributed by atoms with E-state index in [1.807, 2.05) is 0 Å². The van der Waals surface area contributed by atoms with Crippen LogP contribution < -0.4 is 10.5 Å². The van der Waals surface area contributed by atoms with E-state index >= 15 is 0 Å². The van der Waals surface area contributed by atoms with Gasteiger partial charge in [-0.25, -0.2) is 12.8 Å². The van der Waals surface area contributed by atoms with Crippen LogP contribution in [0.3, 0.4) is 0 Å². The van der Waals surface area contributed by atoms with Crippen LogP contribution in [0.15, 0.2) is 48.6 Å². The SMILES string of the molecule is Nc1cccc(F)c1S(=O)(=O)Nc1c(Br)cc(Br)cc1Br. The van der Waals surface area contributed by atoms with E-state index in [1.165, 1.54) is 12.1 Å². The highest BCUT2D eigenvalue weighted by Crippen LogP contribution is 2.36. The van der Waals surface area contributed by atoms with Gasteiger partial charge in [0.25, 0.3) is 10.0 Å². The van der Waals surface area contributed by atoms with Crippen molar-refractivity contribution in [2.75, 3.05) is 10.5 Å². The first kappa shape index (κ1) is 16.7. The van der Waals surface area contributed by atoms with Gasteiger partial charge in [0.1, 0.15) is 10.7 Å². The molecule has 3 N–H and O–H groups in total. The molecule has 21 heavy (non-hydrogen) atoms. The van der Waals surface area contributed by atoms with Crippen LogP contribution in [0.25, 0.3) is 0 Å². The molecule has 0 aliphatic heterocycles. The number of halogens is 4. The number of hydrogen-bond acceptors (Lipinski definition) is 3. The Morgan fingerprint density at radius 3 is 2.19 bits per heavy atom. The Bertz CT molecular complexity index is 769. The maximum absolute atomic E-state index is 13.8. The van der Waals surface area contributed by atoms with Crippen molar-refractivity contribution in [2.45, 2.75) is 4.90 Å². The van der Waals surface area contributed by atoms with Gasteiger partial charge in [0.15, 0.2) is 0 Å². The van der Waals surface area contributed by atoms with E-state index in [0.29, 0.717) is 8.95 Å². The summed E-state index contributed by atoms with van der Waals surface area (Å²) in [6.07, 6.45) is 0. The van der Waals surface area contributed by atoms with Crippen molar-refractivity contribution in [3.05, 3.63) is 49.6 Å². The molecule has 2 aromatic carbocycles. The molecule has 0 bridgehead atoms. The molecule has 0 unspecified atom stereocenters. The molecule has 0 aliphatic carbocycles. The predicted molar refractivity (Wildman–Crippen MR) is 91.2 cm³/mol. The van der Waals surface area contributed by atoms with Crippen LogP contribution in [0.1, 0.15) is 0 Å². The smallest absolute Gasteiger partial charge is 0.266 e. The highest BCUT2D eigenvalue weighted by Gasteiger charge is 2.24. The van der Waals surface area contributed by atoms with Crippen molar-refractivity contribution in [3.8, 4) is 0 Å². The lowest BCUT2D eigenvalue weighted by Crippen LogP contribution is -2.17. The summed E-state index contributed by atoms with van der Waals surface area (Å²) in [5, 5.41) is 0. The molecule has 0 heterocycles. The molecule has 9 heteroatoms. The molecule has 4 nitrogen and oxygen atoms in total. The van der Waals surface area contributed by atoms with E-state index in [0.717, 1.165) is 10.5 Å². The van der Waals surface area contributed by atoms with Crippen LogP contribution in [0, 0.1) is 5.82 Å². The Labute approximate surface area is 146 Å². The lowest BCUT2D eigenvalue weighted by atomic mass is 10.3. The summed E-state index contributed by atoms with van der Waals surface area (Å²) >= 11 is 9.77. The average Bonchev–Trinajstić information content (AvgIpc) is 2.33. The van der Waals surface area contributed by atoms with E-state index < -0.39 is 20.7 Å². The maximum Gasteiger partial charge on any atom is 0.266 e. The van der Waals surface area contributed by atoms with Gasteiger partial charge >= 0.3 is 0 Å². The third kappa shape index (κ3) is 3.58. The zero-order valence-electron chi connectivity index (χ0n) is 10.2. The molecule has 0 saturated carbocycles. The number of nitrogen functional groups attached to an aromatic ring is 1. The quantitative estimate of drug-likeness (QED) is 0.607. The van der Waals surface area contributed by atoms with Gasteiger partial charge in [-0.05, 0) is 56.1 Å². The Balaban J connectivity index is 2.53. The Hall–Kier alpha value is -0.640. The Morgan fingerprint density at radius 1 is 1.10 bits per heavy atom. The van der Waals surface area contributed by atoms with Gasteiger partial charge in [-0.1, -0.05) is 22.0 Å². The van der Waals surface area contributed by atoms with Gasteiger partial charge in [0, 0.05) is 13.4 Å². The monoisotopic (exact) mass is 500 g/mol. The van der Waals surface area contributed by atoms with E-state index in [9.17, 15) is 12.8 Å². The minimum atomic E-state index is -4.16. The number of anilines is 2. The molecular weight excluding hydrogens is 495 g/mol. The van der Waals surface area contributed by atoms with Crippen molar-refractivity contribution < 1.29 is 12.8 Å². The number of nitrogens with two attached hydrogens (primary N) is 1. The molecule has 0 radical (unpaired) electrons. The lowest BCUT2D eigenvalue weighted by molar-refractivity contribution is 0.572. The van der Waals surface area contributed by atoms with Crippen LogP contribution >= 0.6 is 47.8 Å². The minimum absolute atomic E-state index is 0.160. The molecule has 2 aromatic rings. The van der Waals surface area contributed by atoms with Gasteiger partial charge < -0.3 is 5.73 Å². The summed E-state index contributed by atoms with van der Waals surface area (Å²) in [7, 11) is -4.16. The standard InChI is InChI=1S/C12H8Br3FN2O2S/c13-6-4-7(14)11(8(15)5-6)18-21(19,20)12-9(16)2-1-3-10(12)17/h1-5,18H,17H2. The van der Waals surface area contributed by atoms with E-state index in [2.05, 4.69) is 52.5 Å². The van der Waals surface area contributed by atoms with Crippen molar-refractivity contribution in [1.82, 2.24) is 0 Å². The molecule has 0 aliphatic rings. The number of sulfonamides is 1. The molecule has 0 aromatic heterocycles. The Morgan fingerprint density at radius 2 is 1.67 bits per heavy atom. The maximum atomic E-state index is 13.8. The molecule has 112 valence electrons. The normalized spacial score (nSPS) is 11.4. The Kier molecular flexibility index (Phi) is 4.96. The number of rotatable bonds is 3. The zero-order chi connectivity index (χ0) is 15.8. The molecule has 0 amide bonds. The van der Waals surface area contributed by atoms with Crippen molar-refractivity contribution in [2.24, 2.45) is 0 Å². The lowest BCUT2D eigenvalue weighted by Gasteiger charge is -2.14. The van der Waals surface area contributed by atoms with Crippen LogP contribution in [-0.2, 0) is 10.0 Å². The second-order valence-electron chi connectivity index (χ2n) is 4.01. The molecule has 0 atom stereocenters. The molecule has 2 rings (SSSR count). The summed E-state index contributed by atoms with van der Waals surface area (Å²) in [5.41, 5.74) is 5.66. The van der Waals surface area contributed by atoms with Crippen LogP contribution in [0.5, 0.6) is 0 Å². The van der Waals surface area contributed by atoms with Crippen LogP contribution in [0.2, 0.25) is 0 Å². The number of benzene rings is 2. The van der Waals surface area contributed by atoms with Gasteiger partial charge in [-0.15, -0.1) is 0 Å². The number of nitrogens with one attached hydrogen (secondary N) is 1. The minimum Gasteiger partial charge on any atom is -0.398 e. The van der Waals surface area contributed by atoms with Crippen molar-refractivity contribution >= 4 is 69.2 Å². The third-order valence-corrected chi connectivity index (χ3v) is 5.66. The topological polar surface area (TPSA) is 72.2 Å². The van der Waals surface area contributed by atoms with Crippen LogP contribution in [-0.4, -0.2) is 8.42 Å². The largest absolute Gasteiger partial charge is 0.398 e. The molecule has 0 fully saturated rings. The fourth-order valence-electron chi connectivity index (χ4n) is 1.63. The summed E-state index contributed by atoms with van der Waals surface area (Å²) in [4.78, 5) is -0.577. The zero-order valence-corrected chi connectivity index (χ0v) is 15.8. The van der Waals surface area contributed by atoms with E-state index in [4.69, 9.17) is 5.73 Å². The fraction of sp³-hybridized carbons (Fsp3) is 0. The summed E-state index contributed by atoms with van der Waals surface area (Å²) in [5.74, 6) is -0.910. The first-order valence-corrected chi connectivity index (χ1v) is 9.30. The third-order valence-electron chi connectivity index (χ3n) is 2.51. The highest BCUT2D eigenvalue weighted by atomic mass is 79.9. The first-order chi connectivity index (χ1) is 9.72. The van der Waals surface area contributed by atoms with Gasteiger partial charge in [0.05, 0.1) is 11.4 Å². The molecule has 0 saturated heterocycles. The summed E-state index contributed by atoms with van der Waals surface area (Å²) in [6, 6.07) is 7.02. The second kappa shape index (κ2) is 6.23. The fourth-order valence-corrected chi connectivity index (χ4v) is 5.65. The van der Waals surface area contributed by atoms with Gasteiger partial charge in [-0.2, -0.15) is 0 Å². The predicted octanol–water partition coefficient (Wildman–Crippen LogP) is 4.50. The second-order valence-corrected chi connectivity index (χ2v) is 8.25. The average molecular weight is 503 g/mol. The summed E-state index contributed by atoms with van der Waals surface area (Å²) in [6.45, 7) is 0. The number of hydrogen-bond donors (Lipinski definition) is 2. The molecule has 0 spiro atoms. The van der Waals surface area contributed by atoms with Crippen LogP contribution in [0.4, 0.5) is 15.8 Å². The summed E-state index contributed by atoms with van der Waals surface area (Å²) < 4.78 is 42.5. The van der Waals surface area contributed by atoms with Crippen molar-refractivity contribution in [3.63, 3.8) is 0 Å². The van der Waals surface area contributed by atoms with Crippen molar-refractivity contribution in [1.29, 1.82) is 0 Å². The molecular formula is C12H8Br3FN2O2S. The van der Waals surface area contributed by atoms with Gasteiger partial charge in [0.2, 0.25) is 0 Å². The van der Waals surface area contributed by atoms with Gasteiger partial charge in [-0.3, -0.25) is 4.72 Å². The first-order valence-electron chi connectivity index (χ1n) is 5.43. The van der Waals surface area contributed by atoms with E-state index in [-0.39, 0.29) is 11.4 Å². The van der Waals surface area contributed by atoms with E-state index in [1.54, 1.807) is 12.1 Å². The highest BCUT2D eigenvalue weighted by molar-refractivity contribution is 9.11.